The Hall–Kier alpha value is -1.52. The zero-order chi connectivity index (χ0) is 14.4. The van der Waals surface area contributed by atoms with Crippen LogP contribution in [-0.2, 0) is 11.2 Å². The molecule has 0 saturated carbocycles. The van der Waals surface area contributed by atoms with Crippen molar-refractivity contribution in [3.8, 4) is 0 Å². The van der Waals surface area contributed by atoms with Gasteiger partial charge in [-0.3, -0.25) is 0 Å². The molecule has 0 fully saturated rings. The van der Waals surface area contributed by atoms with E-state index in [2.05, 4.69) is 18.8 Å². The first-order valence-corrected chi connectivity index (χ1v) is 7.01. The van der Waals surface area contributed by atoms with Crippen LogP contribution in [0.5, 0.6) is 0 Å². The SMILES string of the molecule is CCCCCC(C)n1c(CC)nc(C(=O)OC)c1N. The molecule has 2 N–H and O–H groups in total. The number of unbranched alkanes of at least 4 members (excludes halogenated alkanes) is 2. The van der Waals surface area contributed by atoms with Crippen LogP contribution in [0.25, 0.3) is 0 Å². The molecule has 1 atom stereocenters. The van der Waals surface area contributed by atoms with Gasteiger partial charge in [0.25, 0.3) is 0 Å². The number of methoxy groups -OCH3 is 1. The highest BCUT2D eigenvalue weighted by Crippen LogP contribution is 2.25. The van der Waals surface area contributed by atoms with Gasteiger partial charge in [0.15, 0.2) is 5.69 Å². The van der Waals surface area contributed by atoms with Crippen molar-refractivity contribution in [2.75, 3.05) is 12.8 Å². The Kier molecular flexibility index (Phi) is 5.86. The van der Waals surface area contributed by atoms with Crippen molar-refractivity contribution in [1.29, 1.82) is 0 Å². The Balaban J connectivity index is 2.98. The van der Waals surface area contributed by atoms with Crippen molar-refractivity contribution in [3.05, 3.63) is 11.5 Å². The van der Waals surface area contributed by atoms with Gasteiger partial charge in [-0.05, 0) is 13.3 Å². The fraction of sp³-hybridized carbons (Fsp3) is 0.714. The fourth-order valence-electron chi connectivity index (χ4n) is 2.30. The molecule has 0 aliphatic rings. The number of carbonyl (C=O) groups is 1. The van der Waals surface area contributed by atoms with Crippen LogP contribution in [0.2, 0.25) is 0 Å². The summed E-state index contributed by atoms with van der Waals surface area (Å²) in [5.41, 5.74) is 6.30. The summed E-state index contributed by atoms with van der Waals surface area (Å²) >= 11 is 0. The molecule has 1 aromatic heterocycles. The average molecular weight is 267 g/mol. The predicted molar refractivity (Wildman–Crippen MR) is 76.2 cm³/mol. The second-order valence-corrected chi connectivity index (χ2v) is 4.82. The molecular formula is C14H25N3O2. The van der Waals surface area contributed by atoms with Crippen molar-refractivity contribution in [2.24, 2.45) is 0 Å². The minimum atomic E-state index is -0.466. The van der Waals surface area contributed by atoms with Gasteiger partial charge in [-0.25, -0.2) is 9.78 Å². The number of esters is 1. The zero-order valence-corrected chi connectivity index (χ0v) is 12.4. The number of aryl methyl sites for hydroxylation is 1. The van der Waals surface area contributed by atoms with E-state index in [1.54, 1.807) is 0 Å². The van der Waals surface area contributed by atoms with E-state index in [9.17, 15) is 4.79 Å². The lowest BCUT2D eigenvalue weighted by molar-refractivity contribution is 0.0595. The number of ether oxygens (including phenoxy) is 1. The lowest BCUT2D eigenvalue weighted by atomic mass is 10.1. The summed E-state index contributed by atoms with van der Waals surface area (Å²) in [5, 5.41) is 0. The van der Waals surface area contributed by atoms with Crippen LogP contribution in [0.3, 0.4) is 0 Å². The number of aromatic nitrogens is 2. The van der Waals surface area contributed by atoms with Gasteiger partial charge in [0.2, 0.25) is 0 Å². The van der Waals surface area contributed by atoms with Crippen LogP contribution in [-0.4, -0.2) is 22.6 Å². The van der Waals surface area contributed by atoms with Crippen molar-refractivity contribution < 1.29 is 9.53 Å². The summed E-state index contributed by atoms with van der Waals surface area (Å²) < 4.78 is 6.69. The maximum atomic E-state index is 11.6. The normalized spacial score (nSPS) is 12.4. The van der Waals surface area contributed by atoms with Crippen molar-refractivity contribution >= 4 is 11.8 Å². The average Bonchev–Trinajstić information content (AvgIpc) is 2.75. The van der Waals surface area contributed by atoms with Gasteiger partial charge in [-0.15, -0.1) is 0 Å². The van der Waals surface area contributed by atoms with Gasteiger partial charge in [-0.1, -0.05) is 33.1 Å². The molecule has 1 rings (SSSR count). The van der Waals surface area contributed by atoms with E-state index in [0.717, 1.165) is 25.1 Å². The Morgan fingerprint density at radius 3 is 2.63 bits per heavy atom. The summed E-state index contributed by atoms with van der Waals surface area (Å²) in [6.45, 7) is 6.31. The molecule has 0 aromatic carbocycles. The number of hydrogen-bond acceptors (Lipinski definition) is 4. The topological polar surface area (TPSA) is 70.1 Å². The zero-order valence-electron chi connectivity index (χ0n) is 12.4. The minimum absolute atomic E-state index is 0.238. The standard InChI is InChI=1S/C14H25N3O2/c1-5-7-8-9-10(3)17-11(6-2)16-12(13(17)15)14(18)19-4/h10H,5-9,15H2,1-4H3. The van der Waals surface area contributed by atoms with E-state index in [1.165, 1.54) is 20.0 Å². The molecule has 0 aliphatic heterocycles. The van der Waals surface area contributed by atoms with E-state index in [0.29, 0.717) is 5.82 Å². The quantitative estimate of drug-likeness (QED) is 0.609. The first-order valence-electron chi connectivity index (χ1n) is 7.01. The molecule has 5 heteroatoms. The van der Waals surface area contributed by atoms with Crippen LogP contribution >= 0.6 is 0 Å². The van der Waals surface area contributed by atoms with Crippen LogP contribution in [0.4, 0.5) is 5.82 Å². The first kappa shape index (κ1) is 15.5. The lowest BCUT2D eigenvalue weighted by Gasteiger charge is -2.17. The number of rotatable bonds is 7. The van der Waals surface area contributed by atoms with Gasteiger partial charge >= 0.3 is 5.97 Å². The Bertz CT molecular complexity index is 427. The molecule has 5 nitrogen and oxygen atoms in total. The number of imidazole rings is 1. The van der Waals surface area contributed by atoms with Crippen LogP contribution in [0.1, 0.15) is 68.8 Å². The maximum Gasteiger partial charge on any atom is 0.360 e. The van der Waals surface area contributed by atoms with Crippen molar-refractivity contribution in [2.45, 2.75) is 58.9 Å². The number of nitrogens with zero attached hydrogens (tertiary/aromatic N) is 2. The molecule has 1 unspecified atom stereocenters. The molecule has 0 radical (unpaired) electrons. The van der Waals surface area contributed by atoms with Crippen molar-refractivity contribution in [3.63, 3.8) is 0 Å². The first-order chi connectivity index (χ1) is 9.06. The number of nitrogen functional groups attached to an aromatic ring is 1. The second-order valence-electron chi connectivity index (χ2n) is 4.82. The summed E-state index contributed by atoms with van der Waals surface area (Å²) in [4.78, 5) is 15.9. The molecule has 0 spiro atoms. The van der Waals surface area contributed by atoms with Gasteiger partial charge in [0.1, 0.15) is 11.6 Å². The van der Waals surface area contributed by atoms with Crippen LogP contribution < -0.4 is 5.73 Å². The summed E-state index contributed by atoms with van der Waals surface area (Å²) in [6, 6.07) is 0.257. The van der Waals surface area contributed by atoms with Gasteiger partial charge < -0.3 is 15.0 Å². The van der Waals surface area contributed by atoms with Crippen LogP contribution in [0.15, 0.2) is 0 Å². The predicted octanol–water partition coefficient (Wildman–Crippen LogP) is 2.96. The van der Waals surface area contributed by atoms with Crippen molar-refractivity contribution in [1.82, 2.24) is 9.55 Å². The molecule has 0 aliphatic carbocycles. The van der Waals surface area contributed by atoms with Gasteiger partial charge in [0, 0.05) is 12.5 Å². The molecule has 0 saturated heterocycles. The molecule has 1 heterocycles. The Morgan fingerprint density at radius 1 is 1.42 bits per heavy atom. The Labute approximate surface area is 115 Å². The molecule has 108 valence electrons. The molecule has 0 bridgehead atoms. The third-order valence-electron chi connectivity index (χ3n) is 3.38. The fourth-order valence-corrected chi connectivity index (χ4v) is 2.30. The van der Waals surface area contributed by atoms with Crippen LogP contribution in [0, 0.1) is 0 Å². The molecule has 1 aromatic rings. The van der Waals surface area contributed by atoms with Gasteiger partial charge in [-0.2, -0.15) is 0 Å². The number of hydrogen-bond donors (Lipinski definition) is 1. The highest BCUT2D eigenvalue weighted by Gasteiger charge is 2.22. The van der Waals surface area contributed by atoms with E-state index >= 15 is 0 Å². The van der Waals surface area contributed by atoms with Gasteiger partial charge in [0.05, 0.1) is 7.11 Å². The summed E-state index contributed by atoms with van der Waals surface area (Å²) in [5.74, 6) is 0.807. The monoisotopic (exact) mass is 267 g/mol. The highest BCUT2D eigenvalue weighted by atomic mass is 16.5. The number of carbonyl (C=O) groups excluding carboxylic acids is 1. The third kappa shape index (κ3) is 3.49. The molecular weight excluding hydrogens is 242 g/mol. The second kappa shape index (κ2) is 7.16. The molecule has 0 amide bonds. The number of anilines is 1. The van der Waals surface area contributed by atoms with E-state index in [4.69, 9.17) is 10.5 Å². The summed E-state index contributed by atoms with van der Waals surface area (Å²) in [7, 11) is 1.34. The smallest absolute Gasteiger partial charge is 0.360 e. The minimum Gasteiger partial charge on any atom is -0.464 e. The van der Waals surface area contributed by atoms with E-state index in [1.807, 2.05) is 11.5 Å². The molecule has 19 heavy (non-hydrogen) atoms. The van der Waals surface area contributed by atoms with E-state index in [-0.39, 0.29) is 11.7 Å². The maximum absolute atomic E-state index is 11.6. The number of nitrogens with two attached hydrogens (primary N) is 1. The highest BCUT2D eigenvalue weighted by molar-refractivity contribution is 5.92. The lowest BCUT2D eigenvalue weighted by Crippen LogP contribution is -2.13. The largest absolute Gasteiger partial charge is 0.464 e. The third-order valence-corrected chi connectivity index (χ3v) is 3.38. The summed E-state index contributed by atoms with van der Waals surface area (Å²) in [6.07, 6.45) is 5.36. The Morgan fingerprint density at radius 2 is 2.11 bits per heavy atom. The van der Waals surface area contributed by atoms with E-state index < -0.39 is 5.97 Å².